The molecule has 2 saturated heterocycles. The van der Waals surface area contributed by atoms with Gasteiger partial charge in [-0.3, -0.25) is 0 Å². The molecule has 0 radical (unpaired) electrons. The van der Waals surface area contributed by atoms with E-state index in [0.717, 1.165) is 51.9 Å². The van der Waals surface area contributed by atoms with E-state index in [0.29, 0.717) is 13.1 Å². The predicted octanol–water partition coefficient (Wildman–Crippen LogP) is 1.34. The number of nitrogens with zero attached hydrogens (tertiary/aromatic N) is 2. The normalized spacial score (nSPS) is 17.6. The summed E-state index contributed by atoms with van der Waals surface area (Å²) in [5, 5.41) is 11.7. The minimum absolute atomic E-state index is 0.0635. The zero-order chi connectivity index (χ0) is 19.9. The summed E-state index contributed by atoms with van der Waals surface area (Å²) < 4.78 is 0. The first-order chi connectivity index (χ1) is 13.7. The second kappa shape index (κ2) is 14.5. The van der Waals surface area contributed by atoms with E-state index in [1.165, 1.54) is 51.9 Å². The van der Waals surface area contributed by atoms with Crippen molar-refractivity contribution in [2.75, 3.05) is 65.4 Å². The first-order valence-corrected chi connectivity index (χ1v) is 11.2. The second-order valence-corrected chi connectivity index (χ2v) is 7.88. The van der Waals surface area contributed by atoms with Crippen molar-refractivity contribution < 1.29 is 9.59 Å². The van der Waals surface area contributed by atoms with Crippen LogP contribution in [0.25, 0.3) is 0 Å². The van der Waals surface area contributed by atoms with Gasteiger partial charge in [-0.15, -0.1) is 0 Å². The summed E-state index contributed by atoms with van der Waals surface area (Å²) in [4.78, 5) is 28.2. The number of nitrogens with one attached hydrogen (secondary N) is 4. The van der Waals surface area contributed by atoms with E-state index in [-0.39, 0.29) is 12.1 Å². The van der Waals surface area contributed by atoms with Crippen molar-refractivity contribution in [2.24, 2.45) is 0 Å². The number of hydrogen-bond donors (Lipinski definition) is 4. The Hall–Kier alpha value is -1.54. The Morgan fingerprint density at radius 3 is 1.29 bits per heavy atom. The maximum atomic E-state index is 11.7. The van der Waals surface area contributed by atoms with Crippen molar-refractivity contribution in [3.05, 3.63) is 0 Å². The molecule has 0 saturated carbocycles. The molecular weight excluding hydrogens is 356 g/mol. The van der Waals surface area contributed by atoms with Gasteiger partial charge in [0.1, 0.15) is 0 Å². The van der Waals surface area contributed by atoms with Crippen molar-refractivity contribution in [2.45, 2.75) is 51.4 Å². The molecule has 2 aliphatic rings. The Labute approximate surface area is 170 Å². The van der Waals surface area contributed by atoms with Gasteiger partial charge in [-0.2, -0.15) is 0 Å². The molecular formula is C20H40N6O2. The summed E-state index contributed by atoms with van der Waals surface area (Å²) in [6.07, 6.45) is 9.20. The molecule has 0 spiro atoms. The Bertz CT molecular complexity index is 396. The highest BCUT2D eigenvalue weighted by Crippen LogP contribution is 2.06. The molecule has 162 valence electrons. The zero-order valence-electron chi connectivity index (χ0n) is 17.4. The van der Waals surface area contributed by atoms with E-state index in [4.69, 9.17) is 0 Å². The predicted molar refractivity (Wildman–Crippen MR) is 113 cm³/mol. The molecule has 8 nitrogen and oxygen atoms in total. The van der Waals surface area contributed by atoms with Gasteiger partial charge in [0.2, 0.25) is 0 Å². The van der Waals surface area contributed by atoms with Crippen LogP contribution in [0.2, 0.25) is 0 Å². The highest BCUT2D eigenvalue weighted by Gasteiger charge is 2.11. The second-order valence-electron chi connectivity index (χ2n) is 7.88. The van der Waals surface area contributed by atoms with Gasteiger partial charge in [0.05, 0.1) is 0 Å². The number of carbonyl (C=O) groups excluding carboxylic acids is 2. The molecule has 28 heavy (non-hydrogen) atoms. The Kier molecular flexibility index (Phi) is 11.7. The maximum Gasteiger partial charge on any atom is 0.314 e. The fourth-order valence-electron chi connectivity index (χ4n) is 3.80. The van der Waals surface area contributed by atoms with Crippen LogP contribution >= 0.6 is 0 Å². The summed E-state index contributed by atoms with van der Waals surface area (Å²) in [5.74, 6) is 0. The molecule has 4 N–H and O–H groups in total. The van der Waals surface area contributed by atoms with Gasteiger partial charge in [0, 0.05) is 39.3 Å². The number of amides is 4. The standard InChI is InChI=1S/C20H40N6O2/c27-19(23-11-17-25-13-5-6-14-25)21-9-3-1-2-4-10-22-20(28)24-12-18-26-15-7-8-16-26/h1-18H2,(H2,21,23,27)(H2,22,24,28). The van der Waals surface area contributed by atoms with Gasteiger partial charge < -0.3 is 31.1 Å². The maximum absolute atomic E-state index is 11.7. The molecule has 0 aliphatic carbocycles. The van der Waals surface area contributed by atoms with Crippen molar-refractivity contribution in [1.82, 2.24) is 31.1 Å². The van der Waals surface area contributed by atoms with Crippen LogP contribution in [-0.2, 0) is 0 Å². The van der Waals surface area contributed by atoms with E-state index in [1.807, 2.05) is 0 Å². The summed E-state index contributed by atoms with van der Waals surface area (Å²) in [6, 6.07) is -0.127. The monoisotopic (exact) mass is 396 g/mol. The summed E-state index contributed by atoms with van der Waals surface area (Å²) in [6.45, 7) is 9.42. The minimum Gasteiger partial charge on any atom is -0.338 e. The van der Waals surface area contributed by atoms with Gasteiger partial charge in [0.15, 0.2) is 0 Å². The number of urea groups is 2. The van der Waals surface area contributed by atoms with Crippen LogP contribution in [0.15, 0.2) is 0 Å². The van der Waals surface area contributed by atoms with Gasteiger partial charge in [-0.05, 0) is 64.7 Å². The Balaban J connectivity index is 1.29. The zero-order valence-corrected chi connectivity index (χ0v) is 17.4. The largest absolute Gasteiger partial charge is 0.338 e. The lowest BCUT2D eigenvalue weighted by molar-refractivity contribution is 0.237. The van der Waals surface area contributed by atoms with E-state index in [1.54, 1.807) is 0 Å². The molecule has 0 aromatic carbocycles. The average molecular weight is 397 g/mol. The molecule has 8 heteroatoms. The van der Waals surface area contributed by atoms with Crippen LogP contribution in [0.5, 0.6) is 0 Å². The number of hydrogen-bond acceptors (Lipinski definition) is 4. The SMILES string of the molecule is O=C(NCCCCCCNC(=O)NCCN1CCCC1)NCCN1CCCC1. The van der Waals surface area contributed by atoms with Crippen molar-refractivity contribution in [1.29, 1.82) is 0 Å². The highest BCUT2D eigenvalue weighted by atomic mass is 16.2. The minimum atomic E-state index is -0.0635. The van der Waals surface area contributed by atoms with Gasteiger partial charge in [-0.25, -0.2) is 9.59 Å². The number of likely N-dealkylation sites (tertiary alicyclic amines) is 2. The lowest BCUT2D eigenvalue weighted by atomic mass is 10.2. The van der Waals surface area contributed by atoms with Crippen LogP contribution in [-0.4, -0.2) is 87.3 Å². The van der Waals surface area contributed by atoms with Crippen LogP contribution in [0.1, 0.15) is 51.4 Å². The van der Waals surface area contributed by atoms with E-state index < -0.39 is 0 Å². The average Bonchev–Trinajstić information content (AvgIpc) is 3.38. The summed E-state index contributed by atoms with van der Waals surface area (Å²) in [7, 11) is 0. The van der Waals surface area contributed by atoms with E-state index >= 15 is 0 Å². The lowest BCUT2D eigenvalue weighted by Gasteiger charge is -2.15. The molecule has 0 bridgehead atoms. The van der Waals surface area contributed by atoms with Gasteiger partial charge >= 0.3 is 12.1 Å². The molecule has 2 heterocycles. The molecule has 0 aromatic heterocycles. The van der Waals surface area contributed by atoms with Crippen LogP contribution < -0.4 is 21.3 Å². The third-order valence-electron chi connectivity index (χ3n) is 5.50. The van der Waals surface area contributed by atoms with Gasteiger partial charge in [0.25, 0.3) is 0 Å². The van der Waals surface area contributed by atoms with Crippen molar-refractivity contribution in [3.63, 3.8) is 0 Å². The molecule has 0 aromatic rings. The molecule has 4 amide bonds. The summed E-state index contributed by atoms with van der Waals surface area (Å²) in [5.41, 5.74) is 0. The highest BCUT2D eigenvalue weighted by molar-refractivity contribution is 5.74. The molecule has 2 aliphatic heterocycles. The Morgan fingerprint density at radius 2 is 0.893 bits per heavy atom. The third-order valence-corrected chi connectivity index (χ3v) is 5.50. The number of unbranched alkanes of at least 4 members (excludes halogenated alkanes) is 3. The summed E-state index contributed by atoms with van der Waals surface area (Å²) >= 11 is 0. The number of carbonyl (C=O) groups is 2. The topological polar surface area (TPSA) is 88.7 Å². The lowest BCUT2D eigenvalue weighted by Crippen LogP contribution is -2.40. The molecule has 2 fully saturated rings. The van der Waals surface area contributed by atoms with E-state index in [2.05, 4.69) is 31.1 Å². The molecule has 0 unspecified atom stereocenters. The quantitative estimate of drug-likeness (QED) is 0.354. The molecule has 2 rings (SSSR count). The fourth-order valence-corrected chi connectivity index (χ4v) is 3.80. The molecule has 0 atom stereocenters. The van der Waals surface area contributed by atoms with Gasteiger partial charge in [-0.1, -0.05) is 12.8 Å². The fraction of sp³-hybridized carbons (Fsp3) is 0.900. The third kappa shape index (κ3) is 10.7. The first-order valence-electron chi connectivity index (χ1n) is 11.2. The van der Waals surface area contributed by atoms with E-state index in [9.17, 15) is 9.59 Å². The Morgan fingerprint density at radius 1 is 0.536 bits per heavy atom. The number of rotatable bonds is 13. The van der Waals surface area contributed by atoms with Crippen molar-refractivity contribution in [3.8, 4) is 0 Å². The van der Waals surface area contributed by atoms with Crippen LogP contribution in [0.3, 0.4) is 0 Å². The van der Waals surface area contributed by atoms with Crippen LogP contribution in [0, 0.1) is 0 Å². The van der Waals surface area contributed by atoms with Crippen LogP contribution in [0.4, 0.5) is 9.59 Å². The first kappa shape index (κ1) is 22.7. The van der Waals surface area contributed by atoms with Crippen molar-refractivity contribution >= 4 is 12.1 Å². The smallest absolute Gasteiger partial charge is 0.314 e.